The minimum atomic E-state index is 0.257. The molecule has 0 aromatic carbocycles. The molecule has 1 aliphatic carbocycles. The van der Waals surface area contributed by atoms with E-state index in [0.29, 0.717) is 6.04 Å². The van der Waals surface area contributed by atoms with Gasteiger partial charge >= 0.3 is 0 Å². The maximum Gasteiger partial charge on any atom is 0.0672 e. The Labute approximate surface area is 75.0 Å². The quantitative estimate of drug-likeness (QED) is 0.637. The summed E-state index contributed by atoms with van der Waals surface area (Å²) in [6, 6.07) is 2.88. The van der Waals surface area contributed by atoms with Gasteiger partial charge in [-0.25, -0.2) is 0 Å². The Hall–Kier alpha value is -0.550. The number of hydrogen-bond acceptors (Lipinski definition) is 2. The lowest BCUT2D eigenvalue weighted by molar-refractivity contribution is 0.403. The lowest BCUT2D eigenvalue weighted by Gasteiger charge is -2.19. The second kappa shape index (κ2) is 5.16. The molecule has 1 aliphatic rings. The van der Waals surface area contributed by atoms with E-state index < -0.39 is 0 Å². The molecule has 12 heavy (non-hydrogen) atoms. The number of rotatable bonds is 2. The zero-order valence-corrected chi connectivity index (χ0v) is 7.84. The van der Waals surface area contributed by atoms with Crippen molar-refractivity contribution in [2.75, 3.05) is 6.54 Å². The maximum atomic E-state index is 8.92. The fourth-order valence-electron chi connectivity index (χ4n) is 1.97. The first-order chi connectivity index (χ1) is 5.88. The molecule has 0 aromatic rings. The third-order valence-corrected chi connectivity index (χ3v) is 2.65. The van der Waals surface area contributed by atoms with E-state index in [9.17, 15) is 0 Å². The van der Waals surface area contributed by atoms with Crippen LogP contribution in [0.1, 0.15) is 39.0 Å². The van der Waals surface area contributed by atoms with Crippen LogP contribution in [0.2, 0.25) is 0 Å². The van der Waals surface area contributed by atoms with Crippen molar-refractivity contribution < 1.29 is 0 Å². The molecule has 1 N–H and O–H groups in total. The average Bonchev–Trinajstić information content (AvgIpc) is 2.30. The number of nitrogens with zero attached hydrogens (tertiary/aromatic N) is 1. The second-order valence-electron chi connectivity index (χ2n) is 3.54. The van der Waals surface area contributed by atoms with E-state index >= 15 is 0 Å². The molecule has 2 heteroatoms. The molecule has 0 heterocycles. The van der Waals surface area contributed by atoms with Gasteiger partial charge in [0, 0.05) is 6.04 Å². The summed E-state index contributed by atoms with van der Waals surface area (Å²) in [6.45, 7) is 3.10. The van der Waals surface area contributed by atoms with E-state index in [1.165, 1.54) is 25.7 Å². The standard InChI is InChI=1S/C10H18N2/c1-2-12-10-7-5-3-4-6-9(10)8-11/h9-10,12H,2-7H2,1H3. The van der Waals surface area contributed by atoms with Gasteiger partial charge in [0.05, 0.1) is 12.0 Å². The van der Waals surface area contributed by atoms with Crippen molar-refractivity contribution in [2.45, 2.75) is 45.1 Å². The summed E-state index contributed by atoms with van der Waals surface area (Å²) in [4.78, 5) is 0. The summed E-state index contributed by atoms with van der Waals surface area (Å²) >= 11 is 0. The predicted molar refractivity (Wildman–Crippen MR) is 49.7 cm³/mol. The molecule has 0 amide bonds. The highest BCUT2D eigenvalue weighted by atomic mass is 14.9. The zero-order valence-electron chi connectivity index (χ0n) is 7.84. The summed E-state index contributed by atoms with van der Waals surface area (Å²) in [5, 5.41) is 12.3. The Morgan fingerprint density at radius 3 is 2.75 bits per heavy atom. The Kier molecular flexibility index (Phi) is 4.10. The van der Waals surface area contributed by atoms with Crippen LogP contribution in [0.4, 0.5) is 0 Å². The van der Waals surface area contributed by atoms with Crippen molar-refractivity contribution in [1.29, 1.82) is 5.26 Å². The van der Waals surface area contributed by atoms with Gasteiger partial charge in [0.15, 0.2) is 0 Å². The van der Waals surface area contributed by atoms with Crippen LogP contribution in [0, 0.1) is 17.2 Å². The maximum absolute atomic E-state index is 8.92. The fraction of sp³-hybridized carbons (Fsp3) is 0.900. The monoisotopic (exact) mass is 166 g/mol. The third-order valence-electron chi connectivity index (χ3n) is 2.65. The molecule has 2 nitrogen and oxygen atoms in total. The Balaban J connectivity index is 2.46. The van der Waals surface area contributed by atoms with Gasteiger partial charge in [0.1, 0.15) is 0 Å². The van der Waals surface area contributed by atoms with Gasteiger partial charge in [-0.1, -0.05) is 26.2 Å². The molecule has 1 saturated carbocycles. The molecule has 0 spiro atoms. The first-order valence-corrected chi connectivity index (χ1v) is 5.01. The summed E-state index contributed by atoms with van der Waals surface area (Å²) in [5.74, 6) is 0.257. The van der Waals surface area contributed by atoms with Crippen molar-refractivity contribution in [1.82, 2.24) is 5.32 Å². The first kappa shape index (κ1) is 9.54. The highest BCUT2D eigenvalue weighted by molar-refractivity contribution is 4.93. The first-order valence-electron chi connectivity index (χ1n) is 5.01. The van der Waals surface area contributed by atoms with Crippen LogP contribution in [0.15, 0.2) is 0 Å². The summed E-state index contributed by atoms with van der Waals surface area (Å²) in [6.07, 6.45) is 6.11. The third kappa shape index (κ3) is 2.49. The minimum absolute atomic E-state index is 0.257. The van der Waals surface area contributed by atoms with Gasteiger partial charge in [0.25, 0.3) is 0 Å². The predicted octanol–water partition coefficient (Wildman–Crippen LogP) is 2.07. The molecule has 0 aromatic heterocycles. The number of hydrogen-bond donors (Lipinski definition) is 1. The molecule has 0 aliphatic heterocycles. The molecular weight excluding hydrogens is 148 g/mol. The average molecular weight is 166 g/mol. The van der Waals surface area contributed by atoms with E-state index in [0.717, 1.165) is 13.0 Å². The van der Waals surface area contributed by atoms with Gasteiger partial charge in [0.2, 0.25) is 0 Å². The van der Waals surface area contributed by atoms with Crippen molar-refractivity contribution in [2.24, 2.45) is 5.92 Å². The van der Waals surface area contributed by atoms with Crippen LogP contribution in [-0.2, 0) is 0 Å². The summed E-state index contributed by atoms with van der Waals surface area (Å²) in [7, 11) is 0. The van der Waals surface area contributed by atoms with E-state index in [-0.39, 0.29) is 5.92 Å². The molecule has 2 unspecified atom stereocenters. The van der Waals surface area contributed by atoms with Crippen molar-refractivity contribution in [3.8, 4) is 6.07 Å². The van der Waals surface area contributed by atoms with Crippen LogP contribution in [0.3, 0.4) is 0 Å². The lowest BCUT2D eigenvalue weighted by Crippen LogP contribution is -2.34. The van der Waals surface area contributed by atoms with Crippen LogP contribution >= 0.6 is 0 Å². The number of nitrogens with one attached hydrogen (secondary N) is 1. The van der Waals surface area contributed by atoms with Crippen molar-refractivity contribution in [3.63, 3.8) is 0 Å². The Morgan fingerprint density at radius 1 is 1.33 bits per heavy atom. The fourth-order valence-corrected chi connectivity index (χ4v) is 1.97. The number of nitriles is 1. The van der Waals surface area contributed by atoms with Crippen molar-refractivity contribution >= 4 is 0 Å². The summed E-state index contributed by atoms with van der Waals surface area (Å²) in [5.41, 5.74) is 0. The van der Waals surface area contributed by atoms with E-state index in [1.807, 2.05) is 0 Å². The minimum Gasteiger partial charge on any atom is -0.313 e. The SMILES string of the molecule is CCNC1CCCCCC1C#N. The smallest absolute Gasteiger partial charge is 0.0672 e. The van der Waals surface area contributed by atoms with Crippen molar-refractivity contribution in [3.05, 3.63) is 0 Å². The largest absolute Gasteiger partial charge is 0.313 e. The molecule has 0 bridgehead atoms. The van der Waals surface area contributed by atoms with Crippen LogP contribution in [0.5, 0.6) is 0 Å². The second-order valence-corrected chi connectivity index (χ2v) is 3.54. The zero-order chi connectivity index (χ0) is 8.81. The molecule has 2 atom stereocenters. The molecule has 1 rings (SSSR count). The van der Waals surface area contributed by atoms with E-state index in [4.69, 9.17) is 5.26 Å². The molecule has 0 saturated heterocycles. The van der Waals surface area contributed by atoms with E-state index in [2.05, 4.69) is 18.3 Å². The molecular formula is C10H18N2. The van der Waals surface area contributed by atoms with Gasteiger partial charge in [-0.15, -0.1) is 0 Å². The Bertz CT molecular complexity index is 160. The normalized spacial score (nSPS) is 30.7. The highest BCUT2D eigenvalue weighted by Crippen LogP contribution is 2.22. The molecule has 1 fully saturated rings. The summed E-state index contributed by atoms with van der Waals surface area (Å²) < 4.78 is 0. The molecule has 0 radical (unpaired) electrons. The van der Waals surface area contributed by atoms with Crippen LogP contribution in [0.25, 0.3) is 0 Å². The van der Waals surface area contributed by atoms with Gasteiger partial charge in [-0.2, -0.15) is 5.26 Å². The van der Waals surface area contributed by atoms with Gasteiger partial charge in [-0.05, 0) is 19.4 Å². The van der Waals surface area contributed by atoms with E-state index in [1.54, 1.807) is 0 Å². The topological polar surface area (TPSA) is 35.8 Å². The highest BCUT2D eigenvalue weighted by Gasteiger charge is 2.21. The lowest BCUT2D eigenvalue weighted by atomic mass is 9.96. The van der Waals surface area contributed by atoms with Gasteiger partial charge < -0.3 is 5.32 Å². The van der Waals surface area contributed by atoms with Gasteiger partial charge in [-0.3, -0.25) is 0 Å². The van der Waals surface area contributed by atoms with Crippen LogP contribution < -0.4 is 5.32 Å². The van der Waals surface area contributed by atoms with Crippen LogP contribution in [-0.4, -0.2) is 12.6 Å². The Morgan fingerprint density at radius 2 is 2.08 bits per heavy atom. The molecule has 68 valence electrons.